The molecule has 0 bridgehead atoms. The van der Waals surface area contributed by atoms with Gasteiger partial charge in [-0.2, -0.15) is 13.2 Å². The van der Waals surface area contributed by atoms with E-state index < -0.39 is 17.8 Å². The van der Waals surface area contributed by atoms with E-state index in [2.05, 4.69) is 10.5 Å². The van der Waals surface area contributed by atoms with Crippen molar-refractivity contribution in [2.24, 2.45) is 5.16 Å². The number of oxime groups is 1. The molecule has 21 heavy (non-hydrogen) atoms. The van der Waals surface area contributed by atoms with Crippen LogP contribution in [0.15, 0.2) is 29.4 Å². The smallest absolute Gasteiger partial charge is 0.411 e. The Morgan fingerprint density at radius 2 is 1.95 bits per heavy atom. The lowest BCUT2D eigenvalue weighted by Crippen LogP contribution is -2.41. The number of amides is 2. The van der Waals surface area contributed by atoms with Gasteiger partial charge in [-0.1, -0.05) is 11.2 Å². The van der Waals surface area contributed by atoms with Crippen LogP contribution in [0.5, 0.6) is 0 Å². The van der Waals surface area contributed by atoms with Gasteiger partial charge in [-0.15, -0.1) is 0 Å². The van der Waals surface area contributed by atoms with Crippen LogP contribution in [0.25, 0.3) is 0 Å². The average Bonchev–Trinajstić information content (AvgIpc) is 2.47. The van der Waals surface area contributed by atoms with Gasteiger partial charge in [0.25, 0.3) is 0 Å². The van der Waals surface area contributed by atoms with Crippen molar-refractivity contribution < 1.29 is 23.2 Å². The fraction of sp³-hybridized carbons (Fsp3) is 0.385. The Labute approximate surface area is 119 Å². The fourth-order valence-electron chi connectivity index (χ4n) is 2.04. The van der Waals surface area contributed by atoms with Crippen molar-refractivity contribution >= 4 is 17.4 Å². The SMILES string of the molecule is O=C(Nc1cccc(C(F)(F)F)c1)N1CCC(=NO)CC1. The first-order valence-corrected chi connectivity index (χ1v) is 6.33. The van der Waals surface area contributed by atoms with E-state index >= 15 is 0 Å². The maximum atomic E-state index is 12.6. The van der Waals surface area contributed by atoms with Gasteiger partial charge in [0.05, 0.1) is 11.3 Å². The van der Waals surface area contributed by atoms with E-state index in [1.807, 2.05) is 0 Å². The van der Waals surface area contributed by atoms with Gasteiger partial charge in [-0.05, 0) is 18.2 Å². The molecule has 5 nitrogen and oxygen atoms in total. The van der Waals surface area contributed by atoms with Gasteiger partial charge in [0.1, 0.15) is 0 Å². The monoisotopic (exact) mass is 301 g/mol. The van der Waals surface area contributed by atoms with E-state index in [9.17, 15) is 18.0 Å². The number of benzene rings is 1. The molecule has 2 rings (SSSR count). The lowest BCUT2D eigenvalue weighted by molar-refractivity contribution is -0.137. The maximum Gasteiger partial charge on any atom is 0.416 e. The lowest BCUT2D eigenvalue weighted by Gasteiger charge is -2.27. The zero-order valence-corrected chi connectivity index (χ0v) is 11.0. The zero-order chi connectivity index (χ0) is 15.5. The highest BCUT2D eigenvalue weighted by molar-refractivity contribution is 5.92. The van der Waals surface area contributed by atoms with Crippen LogP contribution in [0.4, 0.5) is 23.7 Å². The number of carbonyl (C=O) groups excluding carboxylic acids is 1. The zero-order valence-electron chi connectivity index (χ0n) is 11.0. The molecule has 2 amide bonds. The largest absolute Gasteiger partial charge is 0.416 e. The summed E-state index contributed by atoms with van der Waals surface area (Å²) in [5.74, 6) is 0. The first-order valence-electron chi connectivity index (χ1n) is 6.33. The molecule has 0 spiro atoms. The minimum Gasteiger partial charge on any atom is -0.411 e. The number of likely N-dealkylation sites (tertiary alicyclic amines) is 1. The van der Waals surface area contributed by atoms with Crippen molar-refractivity contribution in [3.63, 3.8) is 0 Å². The van der Waals surface area contributed by atoms with Crippen molar-refractivity contribution in [1.82, 2.24) is 4.90 Å². The first-order chi connectivity index (χ1) is 9.90. The molecule has 0 unspecified atom stereocenters. The number of carbonyl (C=O) groups is 1. The topological polar surface area (TPSA) is 64.9 Å². The van der Waals surface area contributed by atoms with Crippen molar-refractivity contribution in [3.05, 3.63) is 29.8 Å². The number of rotatable bonds is 1. The number of hydrogen-bond acceptors (Lipinski definition) is 3. The van der Waals surface area contributed by atoms with Crippen molar-refractivity contribution in [3.8, 4) is 0 Å². The average molecular weight is 301 g/mol. The third-order valence-corrected chi connectivity index (χ3v) is 3.21. The Morgan fingerprint density at radius 1 is 1.29 bits per heavy atom. The Bertz CT molecular complexity index is 548. The van der Waals surface area contributed by atoms with Gasteiger partial charge in [0.15, 0.2) is 0 Å². The number of nitrogens with one attached hydrogen (secondary N) is 1. The second-order valence-corrected chi connectivity index (χ2v) is 4.66. The van der Waals surface area contributed by atoms with Crippen LogP contribution in [-0.4, -0.2) is 34.9 Å². The summed E-state index contributed by atoms with van der Waals surface area (Å²) < 4.78 is 37.7. The highest BCUT2D eigenvalue weighted by atomic mass is 19.4. The third-order valence-electron chi connectivity index (χ3n) is 3.21. The molecule has 1 aromatic carbocycles. The van der Waals surface area contributed by atoms with Crippen LogP contribution < -0.4 is 5.32 Å². The number of nitrogens with zero attached hydrogens (tertiary/aromatic N) is 2. The van der Waals surface area contributed by atoms with E-state index in [1.54, 1.807) is 0 Å². The number of hydrogen-bond donors (Lipinski definition) is 2. The van der Waals surface area contributed by atoms with Crippen molar-refractivity contribution in [2.45, 2.75) is 19.0 Å². The Morgan fingerprint density at radius 3 is 2.52 bits per heavy atom. The molecule has 1 heterocycles. The molecule has 0 saturated carbocycles. The van der Waals surface area contributed by atoms with Crippen LogP contribution in [0.3, 0.4) is 0 Å². The van der Waals surface area contributed by atoms with Crippen LogP contribution in [-0.2, 0) is 6.18 Å². The summed E-state index contributed by atoms with van der Waals surface area (Å²) in [6.07, 6.45) is -3.54. The fourth-order valence-corrected chi connectivity index (χ4v) is 2.04. The minimum atomic E-state index is -4.45. The molecular formula is C13H14F3N3O2. The number of anilines is 1. The van der Waals surface area contributed by atoms with Gasteiger partial charge < -0.3 is 15.4 Å². The number of piperidine rings is 1. The van der Waals surface area contributed by atoms with Gasteiger partial charge in [0.2, 0.25) is 0 Å². The van der Waals surface area contributed by atoms with Crippen LogP contribution in [0.2, 0.25) is 0 Å². The number of halogens is 3. The molecule has 114 valence electrons. The maximum absolute atomic E-state index is 12.6. The predicted octanol–water partition coefficient (Wildman–Crippen LogP) is 3.16. The Balaban J connectivity index is 2.00. The molecule has 0 radical (unpaired) electrons. The van der Waals surface area contributed by atoms with Gasteiger partial charge in [-0.25, -0.2) is 4.79 Å². The van der Waals surface area contributed by atoms with Crippen LogP contribution >= 0.6 is 0 Å². The highest BCUT2D eigenvalue weighted by Crippen LogP contribution is 2.30. The number of urea groups is 1. The molecule has 1 aliphatic rings. The predicted molar refractivity (Wildman–Crippen MR) is 70.5 cm³/mol. The summed E-state index contributed by atoms with van der Waals surface area (Å²) in [6, 6.07) is 4.01. The number of alkyl halides is 3. The molecule has 8 heteroatoms. The molecule has 1 saturated heterocycles. The molecular weight excluding hydrogens is 287 g/mol. The van der Waals surface area contributed by atoms with Crippen LogP contribution in [0, 0.1) is 0 Å². The van der Waals surface area contributed by atoms with E-state index in [4.69, 9.17) is 5.21 Å². The van der Waals surface area contributed by atoms with E-state index in [0.29, 0.717) is 31.6 Å². The standard InChI is InChI=1S/C13H14F3N3O2/c14-13(15,16)9-2-1-3-11(8-9)17-12(20)19-6-4-10(18-21)5-7-19/h1-3,8,21H,4-7H2,(H,17,20). The molecule has 0 aromatic heterocycles. The van der Waals surface area contributed by atoms with E-state index in [0.717, 1.165) is 12.1 Å². The molecule has 0 atom stereocenters. The summed E-state index contributed by atoms with van der Waals surface area (Å²) in [5, 5.41) is 14.2. The molecule has 0 aliphatic carbocycles. The molecule has 1 aliphatic heterocycles. The Kier molecular flexibility index (Phi) is 4.35. The van der Waals surface area contributed by atoms with Gasteiger partial charge in [0, 0.05) is 31.6 Å². The first kappa shape index (κ1) is 15.1. The quantitative estimate of drug-likeness (QED) is 0.618. The molecule has 1 fully saturated rings. The Hall–Kier alpha value is -2.25. The van der Waals surface area contributed by atoms with Gasteiger partial charge in [-0.3, -0.25) is 0 Å². The van der Waals surface area contributed by atoms with Crippen molar-refractivity contribution in [1.29, 1.82) is 0 Å². The summed E-state index contributed by atoms with van der Waals surface area (Å²) in [5.41, 5.74) is -0.108. The lowest BCUT2D eigenvalue weighted by atomic mass is 10.1. The summed E-state index contributed by atoms with van der Waals surface area (Å²) in [7, 11) is 0. The summed E-state index contributed by atoms with van der Waals surface area (Å²) >= 11 is 0. The highest BCUT2D eigenvalue weighted by Gasteiger charge is 2.30. The van der Waals surface area contributed by atoms with Crippen LogP contribution in [0.1, 0.15) is 18.4 Å². The summed E-state index contributed by atoms with van der Waals surface area (Å²) in [4.78, 5) is 13.4. The van der Waals surface area contributed by atoms with E-state index in [-0.39, 0.29) is 5.69 Å². The van der Waals surface area contributed by atoms with Gasteiger partial charge >= 0.3 is 12.2 Å². The minimum absolute atomic E-state index is 0.0939. The second kappa shape index (κ2) is 6.02. The van der Waals surface area contributed by atoms with E-state index in [1.165, 1.54) is 17.0 Å². The second-order valence-electron chi connectivity index (χ2n) is 4.66. The molecule has 1 aromatic rings. The molecule has 2 N–H and O–H groups in total. The summed E-state index contributed by atoms with van der Waals surface area (Å²) in [6.45, 7) is 0.731. The normalized spacial score (nSPS) is 15.8. The van der Waals surface area contributed by atoms with Crippen molar-refractivity contribution in [2.75, 3.05) is 18.4 Å². The third kappa shape index (κ3) is 3.87.